The van der Waals surface area contributed by atoms with Crippen LogP contribution in [-0.4, -0.2) is 4.98 Å². The highest BCUT2D eigenvalue weighted by atomic mass is 15.1. The molecule has 0 radical (unpaired) electrons. The number of nitrogens with one attached hydrogen (secondary N) is 1. The smallest absolute Gasteiger partial charge is 0.236 e. The summed E-state index contributed by atoms with van der Waals surface area (Å²) < 4.78 is 4.47. The van der Waals surface area contributed by atoms with E-state index in [1.807, 2.05) is 6.07 Å². The maximum Gasteiger partial charge on any atom is 0.284 e. The van der Waals surface area contributed by atoms with Crippen LogP contribution in [0.5, 0.6) is 0 Å². The molecule has 3 aromatic heterocycles. The number of benzene rings is 1. The topological polar surface area (TPSA) is 23.8 Å². The summed E-state index contributed by atoms with van der Waals surface area (Å²) in [6.07, 6.45) is 6.41. The molecule has 0 unspecified atom stereocenters. The fraction of sp³-hybridized carbons (Fsp3) is 0.143. The van der Waals surface area contributed by atoms with Crippen LogP contribution in [0.1, 0.15) is 16.8 Å². The van der Waals surface area contributed by atoms with E-state index in [1.54, 1.807) is 0 Å². The molecule has 0 aliphatic rings. The number of hydrogen-bond acceptors (Lipinski definition) is 0. The predicted octanol–water partition coefficient (Wildman–Crippen LogP) is 3.37. The molecular weight excluding hydrogens is 294 g/mol. The minimum absolute atomic E-state index is 0.818. The van der Waals surface area contributed by atoms with Crippen molar-refractivity contribution < 1.29 is 8.97 Å². The van der Waals surface area contributed by atoms with Crippen LogP contribution < -0.4 is 8.97 Å². The number of fused-ring (bicyclic) bond motifs is 1. The molecule has 0 aliphatic heterocycles. The van der Waals surface area contributed by atoms with Crippen molar-refractivity contribution in [2.75, 3.05) is 0 Å². The van der Waals surface area contributed by atoms with Crippen LogP contribution in [0.15, 0.2) is 73.2 Å². The highest BCUT2D eigenvalue weighted by Crippen LogP contribution is 2.22. The lowest BCUT2D eigenvalue weighted by Crippen LogP contribution is -2.38. The lowest BCUT2D eigenvalue weighted by molar-refractivity contribution is -0.704. The molecule has 0 spiro atoms. The van der Waals surface area contributed by atoms with Crippen molar-refractivity contribution in [3.05, 3.63) is 90.0 Å². The maximum atomic E-state index is 3.60. The van der Waals surface area contributed by atoms with Crippen molar-refractivity contribution in [2.45, 2.75) is 20.4 Å². The van der Waals surface area contributed by atoms with Gasteiger partial charge in [-0.3, -0.25) is 0 Å². The van der Waals surface area contributed by atoms with Gasteiger partial charge in [0.05, 0.1) is 6.20 Å². The Balaban J connectivity index is 1.91. The van der Waals surface area contributed by atoms with Crippen LogP contribution in [0.2, 0.25) is 0 Å². The van der Waals surface area contributed by atoms with Crippen LogP contribution in [0.4, 0.5) is 0 Å². The third-order valence-electron chi connectivity index (χ3n) is 4.38. The molecule has 0 fully saturated rings. The quantitative estimate of drug-likeness (QED) is 0.561. The standard InChI is InChI=1S/C21H20N3/c1-16-6-9-18(10-7-16)21-19(15-23-12-4-3-5-13-23)24-14-17(2)8-11-20(24)22-21/h3-14H,15H2,1-2H3/q+1/p+1. The van der Waals surface area contributed by atoms with E-state index in [4.69, 9.17) is 0 Å². The van der Waals surface area contributed by atoms with Crippen LogP contribution in [0, 0.1) is 13.8 Å². The number of nitrogens with zero attached hydrogens (tertiary/aromatic N) is 2. The lowest BCUT2D eigenvalue weighted by Gasteiger charge is -1.99. The molecule has 0 saturated heterocycles. The van der Waals surface area contributed by atoms with Gasteiger partial charge in [0.2, 0.25) is 12.2 Å². The Labute approximate surface area is 141 Å². The molecule has 3 heterocycles. The Hall–Kier alpha value is -2.94. The minimum atomic E-state index is 0.818. The molecule has 1 aromatic carbocycles. The number of aryl methyl sites for hydroxylation is 2. The van der Waals surface area contributed by atoms with Crippen molar-refractivity contribution in [3.63, 3.8) is 0 Å². The van der Waals surface area contributed by atoms with E-state index < -0.39 is 0 Å². The van der Waals surface area contributed by atoms with E-state index in [1.165, 1.54) is 28.1 Å². The second kappa shape index (κ2) is 5.93. The lowest BCUT2D eigenvalue weighted by atomic mass is 10.1. The third kappa shape index (κ3) is 2.69. The highest BCUT2D eigenvalue weighted by molar-refractivity contribution is 5.63. The van der Waals surface area contributed by atoms with Crippen molar-refractivity contribution in [2.24, 2.45) is 0 Å². The average Bonchev–Trinajstić information content (AvgIpc) is 2.94. The number of imidazole rings is 1. The molecule has 3 nitrogen and oxygen atoms in total. The zero-order chi connectivity index (χ0) is 16.5. The Morgan fingerprint density at radius 3 is 2.29 bits per heavy atom. The fourth-order valence-electron chi connectivity index (χ4n) is 3.08. The van der Waals surface area contributed by atoms with Crippen molar-refractivity contribution >= 4 is 5.65 Å². The summed E-state index contributed by atoms with van der Waals surface area (Å²) in [5.74, 6) is 0. The molecule has 1 N–H and O–H groups in total. The molecular formula is C21H21N3+2. The van der Waals surface area contributed by atoms with Gasteiger partial charge in [-0.2, -0.15) is 8.97 Å². The first-order valence-corrected chi connectivity index (χ1v) is 8.25. The number of aromatic nitrogens is 3. The second-order valence-corrected chi connectivity index (χ2v) is 6.32. The molecule has 4 rings (SSSR count). The van der Waals surface area contributed by atoms with E-state index in [-0.39, 0.29) is 0 Å². The Kier molecular flexibility index (Phi) is 3.62. The van der Waals surface area contributed by atoms with E-state index >= 15 is 0 Å². The Bertz CT molecular complexity index is 983. The van der Waals surface area contributed by atoms with Crippen molar-refractivity contribution in [1.82, 2.24) is 4.98 Å². The van der Waals surface area contributed by atoms with E-state index in [2.05, 4.69) is 94.9 Å². The molecule has 118 valence electrons. The summed E-state index contributed by atoms with van der Waals surface area (Å²) in [4.78, 5) is 3.60. The molecule has 4 aromatic rings. The summed E-state index contributed by atoms with van der Waals surface area (Å²) in [5.41, 5.74) is 7.29. The first kappa shape index (κ1) is 14.6. The van der Waals surface area contributed by atoms with Gasteiger partial charge in [0.15, 0.2) is 18.1 Å². The zero-order valence-electron chi connectivity index (χ0n) is 14.0. The largest absolute Gasteiger partial charge is 0.284 e. The normalized spacial score (nSPS) is 11.1. The van der Waals surface area contributed by atoms with Crippen LogP contribution in [0.3, 0.4) is 0 Å². The second-order valence-electron chi connectivity index (χ2n) is 6.32. The van der Waals surface area contributed by atoms with Gasteiger partial charge in [0.25, 0.3) is 5.65 Å². The van der Waals surface area contributed by atoms with Crippen LogP contribution in [0.25, 0.3) is 16.9 Å². The zero-order valence-corrected chi connectivity index (χ0v) is 14.0. The van der Waals surface area contributed by atoms with Crippen LogP contribution >= 0.6 is 0 Å². The van der Waals surface area contributed by atoms with Gasteiger partial charge in [0.1, 0.15) is 0 Å². The summed E-state index contributed by atoms with van der Waals surface area (Å²) >= 11 is 0. The Morgan fingerprint density at radius 2 is 1.54 bits per heavy atom. The number of rotatable bonds is 3. The van der Waals surface area contributed by atoms with Gasteiger partial charge in [-0.25, -0.2) is 4.98 Å². The van der Waals surface area contributed by atoms with Gasteiger partial charge in [-0.1, -0.05) is 35.9 Å². The first-order chi connectivity index (χ1) is 11.7. The first-order valence-electron chi connectivity index (χ1n) is 8.25. The van der Waals surface area contributed by atoms with Gasteiger partial charge in [-0.05, 0) is 25.5 Å². The van der Waals surface area contributed by atoms with Crippen LogP contribution in [-0.2, 0) is 6.54 Å². The Morgan fingerprint density at radius 1 is 0.833 bits per heavy atom. The summed E-state index contributed by atoms with van der Waals surface area (Å²) in [6, 6.07) is 19.2. The molecule has 0 saturated carbocycles. The van der Waals surface area contributed by atoms with E-state index in [0.717, 1.165) is 12.2 Å². The number of pyridine rings is 2. The molecule has 0 amide bonds. The SMILES string of the molecule is Cc1ccc(-c2[nH]c3ccc(C)c[n+]3c2C[n+]2ccccc2)cc1. The maximum absolute atomic E-state index is 3.60. The summed E-state index contributed by atoms with van der Waals surface area (Å²) in [7, 11) is 0. The predicted molar refractivity (Wildman–Crippen MR) is 94.6 cm³/mol. The van der Waals surface area contributed by atoms with Crippen molar-refractivity contribution in [1.29, 1.82) is 0 Å². The average molecular weight is 315 g/mol. The molecule has 0 aliphatic carbocycles. The van der Waals surface area contributed by atoms with Gasteiger partial charge < -0.3 is 0 Å². The van der Waals surface area contributed by atoms with E-state index in [9.17, 15) is 0 Å². The number of aromatic amines is 1. The number of H-pyrrole nitrogens is 1. The molecule has 0 atom stereocenters. The van der Waals surface area contributed by atoms with Gasteiger partial charge in [-0.15, -0.1) is 0 Å². The van der Waals surface area contributed by atoms with Crippen molar-refractivity contribution in [3.8, 4) is 11.3 Å². The molecule has 0 bridgehead atoms. The molecule has 3 heteroatoms. The van der Waals surface area contributed by atoms with Gasteiger partial charge in [0, 0.05) is 23.8 Å². The third-order valence-corrected chi connectivity index (χ3v) is 4.38. The number of hydrogen-bond donors (Lipinski definition) is 1. The minimum Gasteiger partial charge on any atom is -0.236 e. The fourth-order valence-corrected chi connectivity index (χ4v) is 3.08. The summed E-state index contributed by atoms with van der Waals surface area (Å²) in [5, 5.41) is 0. The monoisotopic (exact) mass is 315 g/mol. The highest BCUT2D eigenvalue weighted by Gasteiger charge is 2.24. The molecule has 24 heavy (non-hydrogen) atoms. The van der Waals surface area contributed by atoms with Gasteiger partial charge >= 0.3 is 0 Å². The van der Waals surface area contributed by atoms with E-state index in [0.29, 0.717) is 0 Å². The summed E-state index contributed by atoms with van der Waals surface area (Å²) in [6.45, 7) is 5.07.